The van der Waals surface area contributed by atoms with E-state index in [0.717, 1.165) is 0 Å². The summed E-state index contributed by atoms with van der Waals surface area (Å²) in [5.74, 6) is 4.41. The van der Waals surface area contributed by atoms with Crippen LogP contribution in [0.4, 0.5) is 4.39 Å². The lowest BCUT2D eigenvalue weighted by Gasteiger charge is -2.03. The van der Waals surface area contributed by atoms with E-state index in [2.05, 4.69) is 17.2 Å². The molecule has 0 saturated heterocycles. The van der Waals surface area contributed by atoms with Gasteiger partial charge in [-0.15, -0.1) is 0 Å². The molecule has 1 aromatic rings. The van der Waals surface area contributed by atoms with Crippen molar-refractivity contribution in [3.8, 4) is 11.8 Å². The number of nitrogens with two attached hydrogens (primary N) is 1. The molecule has 3 N–H and O–H groups in total. The number of carbonyl (C=O) groups excluding carboxylic acids is 1. The van der Waals surface area contributed by atoms with Crippen molar-refractivity contribution in [3.63, 3.8) is 0 Å². The second-order valence-electron chi connectivity index (χ2n) is 3.06. The number of benzene rings is 1. The van der Waals surface area contributed by atoms with Gasteiger partial charge in [0.2, 0.25) is 0 Å². The lowest BCUT2D eigenvalue weighted by atomic mass is 10.1. The summed E-state index contributed by atoms with van der Waals surface area (Å²) in [5, 5.41) is 2.53. The Hall–Kier alpha value is -1.86. The molecule has 4 heteroatoms. The second kappa shape index (κ2) is 5.89. The van der Waals surface area contributed by atoms with Crippen molar-refractivity contribution in [2.24, 2.45) is 5.73 Å². The first-order valence-electron chi connectivity index (χ1n) is 4.95. The van der Waals surface area contributed by atoms with Gasteiger partial charge in [0.15, 0.2) is 0 Å². The first-order valence-corrected chi connectivity index (χ1v) is 4.95. The van der Waals surface area contributed by atoms with Gasteiger partial charge in [0.05, 0.1) is 12.1 Å². The van der Waals surface area contributed by atoms with Crippen molar-refractivity contribution in [1.29, 1.82) is 0 Å². The summed E-state index contributed by atoms with van der Waals surface area (Å²) in [4.78, 5) is 11.5. The van der Waals surface area contributed by atoms with E-state index in [-0.39, 0.29) is 12.1 Å². The molecule has 1 rings (SSSR count). The van der Waals surface area contributed by atoms with Gasteiger partial charge in [-0.1, -0.05) is 11.8 Å². The minimum Gasteiger partial charge on any atom is -0.352 e. The minimum absolute atomic E-state index is 0.00525. The quantitative estimate of drug-likeness (QED) is 0.727. The molecule has 0 saturated carbocycles. The van der Waals surface area contributed by atoms with Crippen LogP contribution >= 0.6 is 0 Å². The Morgan fingerprint density at radius 1 is 1.56 bits per heavy atom. The standard InChI is InChI=1S/C12H13FN2O/c1-2-15-12(16)10-8-9(4-3-7-14)5-6-11(10)13/h5-6,8H,2,7,14H2,1H3,(H,15,16). The van der Waals surface area contributed by atoms with E-state index >= 15 is 0 Å². The molecule has 1 amide bonds. The van der Waals surface area contributed by atoms with Crippen LogP contribution in [-0.4, -0.2) is 19.0 Å². The molecule has 0 fully saturated rings. The number of hydrogen-bond acceptors (Lipinski definition) is 2. The molecule has 84 valence electrons. The zero-order valence-corrected chi connectivity index (χ0v) is 9.01. The highest BCUT2D eigenvalue weighted by Gasteiger charge is 2.10. The minimum atomic E-state index is -0.552. The van der Waals surface area contributed by atoms with Crippen molar-refractivity contribution in [2.75, 3.05) is 13.1 Å². The third-order valence-electron chi connectivity index (χ3n) is 1.88. The molecule has 0 heterocycles. The number of carbonyl (C=O) groups is 1. The largest absolute Gasteiger partial charge is 0.352 e. The van der Waals surface area contributed by atoms with E-state index in [4.69, 9.17) is 5.73 Å². The average molecular weight is 220 g/mol. The van der Waals surface area contributed by atoms with Gasteiger partial charge < -0.3 is 11.1 Å². The van der Waals surface area contributed by atoms with E-state index in [1.165, 1.54) is 18.2 Å². The van der Waals surface area contributed by atoms with Crippen LogP contribution in [0.25, 0.3) is 0 Å². The Kier molecular flexibility index (Phi) is 4.49. The fourth-order valence-corrected chi connectivity index (χ4v) is 1.19. The van der Waals surface area contributed by atoms with Crippen molar-refractivity contribution in [1.82, 2.24) is 5.32 Å². The summed E-state index contributed by atoms with van der Waals surface area (Å²) in [6, 6.07) is 4.16. The third kappa shape index (κ3) is 3.07. The van der Waals surface area contributed by atoms with E-state index < -0.39 is 11.7 Å². The summed E-state index contributed by atoms with van der Waals surface area (Å²) in [7, 11) is 0. The van der Waals surface area contributed by atoms with Gasteiger partial charge in [-0.25, -0.2) is 4.39 Å². The molecule has 0 radical (unpaired) electrons. The van der Waals surface area contributed by atoms with Crippen molar-refractivity contribution >= 4 is 5.91 Å². The normalized spacial score (nSPS) is 9.19. The molecule has 1 aromatic carbocycles. The van der Waals surface area contributed by atoms with Gasteiger partial charge in [-0.05, 0) is 25.1 Å². The van der Waals surface area contributed by atoms with Gasteiger partial charge in [0, 0.05) is 12.1 Å². The number of hydrogen-bond donors (Lipinski definition) is 2. The molecular weight excluding hydrogens is 207 g/mol. The Bertz CT molecular complexity index is 446. The van der Waals surface area contributed by atoms with Gasteiger partial charge >= 0.3 is 0 Å². The second-order valence-corrected chi connectivity index (χ2v) is 3.06. The maximum atomic E-state index is 13.3. The molecule has 0 aliphatic carbocycles. The van der Waals surface area contributed by atoms with E-state index in [1.807, 2.05) is 0 Å². The number of nitrogens with one attached hydrogen (secondary N) is 1. The molecule has 0 aliphatic rings. The topological polar surface area (TPSA) is 55.1 Å². The summed E-state index contributed by atoms with van der Waals surface area (Å²) in [6.07, 6.45) is 0. The molecule has 0 aromatic heterocycles. The molecule has 0 unspecified atom stereocenters. The van der Waals surface area contributed by atoms with Crippen LogP contribution in [-0.2, 0) is 0 Å². The van der Waals surface area contributed by atoms with Gasteiger partial charge in [0.25, 0.3) is 5.91 Å². The predicted octanol–water partition coefficient (Wildman–Crippen LogP) is 0.886. The van der Waals surface area contributed by atoms with Crippen molar-refractivity contribution in [2.45, 2.75) is 6.92 Å². The summed E-state index contributed by atoms with van der Waals surface area (Å²) >= 11 is 0. The van der Waals surface area contributed by atoms with Crippen LogP contribution in [0, 0.1) is 17.7 Å². The number of amides is 1. The summed E-state index contributed by atoms with van der Waals surface area (Å²) in [6.45, 7) is 2.46. The van der Waals surface area contributed by atoms with Crippen LogP contribution < -0.4 is 11.1 Å². The third-order valence-corrected chi connectivity index (χ3v) is 1.88. The molecule has 0 bridgehead atoms. The first kappa shape index (κ1) is 12.2. The molecule has 0 atom stereocenters. The molecule has 3 nitrogen and oxygen atoms in total. The number of rotatable bonds is 2. The monoisotopic (exact) mass is 220 g/mol. The lowest BCUT2D eigenvalue weighted by Crippen LogP contribution is -2.23. The van der Waals surface area contributed by atoms with Gasteiger partial charge in [-0.3, -0.25) is 4.79 Å². The number of halogens is 1. The highest BCUT2D eigenvalue weighted by molar-refractivity contribution is 5.94. The fourth-order valence-electron chi connectivity index (χ4n) is 1.19. The van der Waals surface area contributed by atoms with Crippen molar-refractivity contribution in [3.05, 3.63) is 35.1 Å². The van der Waals surface area contributed by atoms with E-state index in [9.17, 15) is 9.18 Å². The van der Waals surface area contributed by atoms with E-state index in [1.54, 1.807) is 6.92 Å². The highest BCUT2D eigenvalue weighted by Crippen LogP contribution is 2.09. The zero-order chi connectivity index (χ0) is 12.0. The Morgan fingerprint density at radius 3 is 2.94 bits per heavy atom. The van der Waals surface area contributed by atoms with Crippen LogP contribution in [0.1, 0.15) is 22.8 Å². The van der Waals surface area contributed by atoms with Crippen LogP contribution in [0.2, 0.25) is 0 Å². The maximum Gasteiger partial charge on any atom is 0.254 e. The summed E-state index contributed by atoms with van der Waals surface area (Å²) < 4.78 is 13.3. The summed E-state index contributed by atoms with van der Waals surface area (Å²) in [5.41, 5.74) is 5.81. The van der Waals surface area contributed by atoms with Crippen LogP contribution in [0.15, 0.2) is 18.2 Å². The van der Waals surface area contributed by atoms with Gasteiger partial charge in [0.1, 0.15) is 5.82 Å². The lowest BCUT2D eigenvalue weighted by molar-refractivity contribution is 0.0952. The molecule has 16 heavy (non-hydrogen) atoms. The Balaban J connectivity index is 3.03. The SMILES string of the molecule is CCNC(=O)c1cc(C#CCN)ccc1F. The van der Waals surface area contributed by atoms with Gasteiger partial charge in [-0.2, -0.15) is 0 Å². The zero-order valence-electron chi connectivity index (χ0n) is 9.01. The Morgan fingerprint density at radius 2 is 2.31 bits per heavy atom. The molecule has 0 spiro atoms. The fraction of sp³-hybridized carbons (Fsp3) is 0.250. The smallest absolute Gasteiger partial charge is 0.254 e. The van der Waals surface area contributed by atoms with E-state index in [0.29, 0.717) is 12.1 Å². The molecule has 0 aliphatic heterocycles. The Labute approximate surface area is 93.8 Å². The first-order chi connectivity index (χ1) is 7.69. The van der Waals surface area contributed by atoms with Crippen LogP contribution in [0.5, 0.6) is 0 Å². The predicted molar refractivity (Wildman–Crippen MR) is 60.3 cm³/mol. The highest BCUT2D eigenvalue weighted by atomic mass is 19.1. The van der Waals surface area contributed by atoms with Crippen LogP contribution in [0.3, 0.4) is 0 Å². The van der Waals surface area contributed by atoms with Crippen molar-refractivity contribution < 1.29 is 9.18 Å². The molecular formula is C12H13FN2O. The average Bonchev–Trinajstić information content (AvgIpc) is 2.28. The maximum absolute atomic E-state index is 13.3.